The highest BCUT2D eigenvalue weighted by Gasteiger charge is 2.28. The molecule has 78 valence electrons. The average molecular weight is 185 g/mol. The Morgan fingerprint density at radius 2 is 1.77 bits per heavy atom. The summed E-state index contributed by atoms with van der Waals surface area (Å²) >= 11 is 0. The Labute approximate surface area is 83.1 Å². The third-order valence-electron chi connectivity index (χ3n) is 3.35. The summed E-state index contributed by atoms with van der Waals surface area (Å²) in [5.74, 6) is 0. The monoisotopic (exact) mass is 185 g/mol. The van der Waals surface area contributed by atoms with E-state index in [2.05, 4.69) is 32.7 Å². The molecule has 1 aliphatic heterocycles. The maximum atomic E-state index is 2.59. The number of nitrogens with zero attached hydrogens (tertiary/aromatic N) is 2. The van der Waals surface area contributed by atoms with Gasteiger partial charge in [0.25, 0.3) is 0 Å². The van der Waals surface area contributed by atoms with Gasteiger partial charge >= 0.3 is 0 Å². The van der Waals surface area contributed by atoms with Crippen molar-refractivity contribution in [3.63, 3.8) is 0 Å². The van der Waals surface area contributed by atoms with Crippen molar-refractivity contribution in [2.75, 3.05) is 39.8 Å². The molecular weight excluding hydrogens is 160 g/mol. The normalized spacial score (nSPS) is 23.8. The van der Waals surface area contributed by atoms with Crippen molar-refractivity contribution in [3.05, 3.63) is 0 Å². The summed E-state index contributed by atoms with van der Waals surface area (Å²) in [5.41, 5.74) is 0. The van der Waals surface area contributed by atoms with Gasteiger partial charge in [0.15, 0.2) is 0 Å². The second-order valence-electron chi connectivity index (χ2n) is 4.92. The van der Waals surface area contributed by atoms with Crippen LogP contribution >= 0.6 is 0 Å². The van der Waals surface area contributed by atoms with E-state index in [9.17, 15) is 0 Å². The molecule has 0 aromatic heterocycles. The van der Waals surface area contributed by atoms with E-state index in [1.807, 2.05) is 0 Å². The fourth-order valence-corrected chi connectivity index (χ4v) is 2.24. The van der Waals surface area contributed by atoms with E-state index in [1.54, 1.807) is 0 Å². The average Bonchev–Trinajstić information content (AvgIpc) is 2.05. The van der Waals surface area contributed by atoms with Crippen LogP contribution in [0.1, 0.15) is 27.2 Å². The molecule has 0 N–H and O–H groups in total. The minimum atomic E-state index is 0.732. The van der Waals surface area contributed by atoms with Gasteiger partial charge in [0.2, 0.25) is 0 Å². The van der Waals surface area contributed by atoms with Crippen LogP contribution in [-0.4, -0.2) is 55.2 Å². The molecule has 2 nitrogen and oxygen atoms in total. The van der Waals surface area contributed by atoms with E-state index in [0.29, 0.717) is 0 Å². The SMILES string of the molecule is CCC[N+]1(C)CCN(C(C)C)CC1. The zero-order chi connectivity index (χ0) is 9.90. The summed E-state index contributed by atoms with van der Waals surface area (Å²) in [6.45, 7) is 13.5. The smallest absolute Gasteiger partial charge is 0.0914 e. The Balaban J connectivity index is 2.37. The zero-order valence-corrected chi connectivity index (χ0v) is 9.71. The minimum absolute atomic E-state index is 0.732. The minimum Gasteiger partial charge on any atom is -0.324 e. The number of rotatable bonds is 3. The Morgan fingerprint density at radius 1 is 1.23 bits per heavy atom. The van der Waals surface area contributed by atoms with Crippen molar-refractivity contribution in [1.29, 1.82) is 0 Å². The first-order valence-corrected chi connectivity index (χ1v) is 5.65. The number of quaternary nitrogens is 1. The highest BCUT2D eigenvalue weighted by molar-refractivity contribution is 4.66. The molecule has 0 atom stereocenters. The van der Waals surface area contributed by atoms with Crippen LogP contribution in [0.15, 0.2) is 0 Å². The van der Waals surface area contributed by atoms with Crippen molar-refractivity contribution in [2.45, 2.75) is 33.2 Å². The molecule has 0 amide bonds. The standard InChI is InChI=1S/C11H25N2/c1-5-8-13(4)9-6-12(7-10-13)11(2)3/h11H,5-10H2,1-4H3/q+1. The van der Waals surface area contributed by atoms with Gasteiger partial charge in [-0.1, -0.05) is 6.92 Å². The van der Waals surface area contributed by atoms with Crippen LogP contribution in [0.25, 0.3) is 0 Å². The third kappa shape index (κ3) is 2.96. The largest absolute Gasteiger partial charge is 0.324 e. The molecule has 0 unspecified atom stereocenters. The van der Waals surface area contributed by atoms with Crippen LogP contribution in [0, 0.1) is 0 Å². The first kappa shape index (κ1) is 11.0. The predicted octanol–water partition coefficient (Wildman–Crippen LogP) is 1.57. The van der Waals surface area contributed by atoms with Crippen molar-refractivity contribution in [3.8, 4) is 0 Å². The van der Waals surface area contributed by atoms with Gasteiger partial charge in [-0.25, -0.2) is 0 Å². The molecule has 13 heavy (non-hydrogen) atoms. The lowest BCUT2D eigenvalue weighted by molar-refractivity contribution is -0.913. The van der Waals surface area contributed by atoms with Crippen molar-refractivity contribution >= 4 is 0 Å². The van der Waals surface area contributed by atoms with E-state index >= 15 is 0 Å². The predicted molar refractivity (Wildman–Crippen MR) is 57.8 cm³/mol. The quantitative estimate of drug-likeness (QED) is 0.603. The van der Waals surface area contributed by atoms with E-state index in [1.165, 1.54) is 43.6 Å². The van der Waals surface area contributed by atoms with Gasteiger partial charge < -0.3 is 4.48 Å². The highest BCUT2D eigenvalue weighted by Crippen LogP contribution is 2.12. The maximum Gasteiger partial charge on any atom is 0.0914 e. The summed E-state index contributed by atoms with van der Waals surface area (Å²) < 4.78 is 1.29. The van der Waals surface area contributed by atoms with Crippen LogP contribution in [0.3, 0.4) is 0 Å². The number of likely N-dealkylation sites (N-methyl/N-ethyl adjacent to an activating group) is 1. The van der Waals surface area contributed by atoms with Crippen LogP contribution in [-0.2, 0) is 0 Å². The van der Waals surface area contributed by atoms with E-state index in [-0.39, 0.29) is 0 Å². The second-order valence-corrected chi connectivity index (χ2v) is 4.92. The molecule has 1 aliphatic rings. The van der Waals surface area contributed by atoms with Gasteiger partial charge in [-0.2, -0.15) is 0 Å². The molecule has 0 spiro atoms. The summed E-state index contributed by atoms with van der Waals surface area (Å²) in [4.78, 5) is 2.59. The fraction of sp³-hybridized carbons (Fsp3) is 1.00. The molecule has 0 radical (unpaired) electrons. The van der Waals surface area contributed by atoms with E-state index in [4.69, 9.17) is 0 Å². The number of hydrogen-bond donors (Lipinski definition) is 0. The van der Waals surface area contributed by atoms with Crippen LogP contribution in [0.4, 0.5) is 0 Å². The van der Waals surface area contributed by atoms with Gasteiger partial charge in [0, 0.05) is 19.1 Å². The number of piperazine rings is 1. The lowest BCUT2D eigenvalue weighted by Crippen LogP contribution is -2.58. The Kier molecular flexibility index (Phi) is 3.74. The fourth-order valence-electron chi connectivity index (χ4n) is 2.24. The zero-order valence-electron chi connectivity index (χ0n) is 9.71. The summed E-state index contributed by atoms with van der Waals surface area (Å²) in [7, 11) is 2.40. The molecule has 0 aliphatic carbocycles. The molecule has 0 bridgehead atoms. The Morgan fingerprint density at radius 3 is 2.15 bits per heavy atom. The summed E-state index contributed by atoms with van der Waals surface area (Å²) in [5, 5.41) is 0. The molecule has 0 saturated carbocycles. The third-order valence-corrected chi connectivity index (χ3v) is 3.35. The molecule has 0 aromatic rings. The summed E-state index contributed by atoms with van der Waals surface area (Å²) in [6.07, 6.45) is 1.32. The van der Waals surface area contributed by atoms with Gasteiger partial charge in [-0.05, 0) is 20.3 Å². The second kappa shape index (κ2) is 4.43. The van der Waals surface area contributed by atoms with Gasteiger partial charge in [0.05, 0.1) is 26.7 Å². The van der Waals surface area contributed by atoms with Gasteiger partial charge in [0.1, 0.15) is 0 Å². The molecule has 0 aromatic carbocycles. The maximum absolute atomic E-state index is 2.59. The van der Waals surface area contributed by atoms with E-state index < -0.39 is 0 Å². The van der Waals surface area contributed by atoms with Crippen molar-refractivity contribution < 1.29 is 4.48 Å². The van der Waals surface area contributed by atoms with Crippen LogP contribution in [0.2, 0.25) is 0 Å². The Hall–Kier alpha value is -0.0800. The molecule has 1 heterocycles. The lowest BCUT2D eigenvalue weighted by Gasteiger charge is -2.43. The van der Waals surface area contributed by atoms with E-state index in [0.717, 1.165) is 6.04 Å². The Bertz CT molecular complexity index is 146. The summed E-state index contributed by atoms with van der Waals surface area (Å²) in [6, 6.07) is 0.732. The topological polar surface area (TPSA) is 3.24 Å². The van der Waals surface area contributed by atoms with Crippen LogP contribution in [0.5, 0.6) is 0 Å². The molecule has 1 rings (SSSR count). The molecular formula is C11H25N2+. The van der Waals surface area contributed by atoms with Crippen molar-refractivity contribution in [1.82, 2.24) is 4.90 Å². The van der Waals surface area contributed by atoms with Gasteiger partial charge in [-0.15, -0.1) is 0 Å². The number of hydrogen-bond acceptors (Lipinski definition) is 1. The molecule has 1 fully saturated rings. The highest BCUT2D eigenvalue weighted by atomic mass is 15.4. The van der Waals surface area contributed by atoms with Gasteiger partial charge in [-0.3, -0.25) is 4.90 Å². The first-order valence-electron chi connectivity index (χ1n) is 5.65. The van der Waals surface area contributed by atoms with Crippen LogP contribution < -0.4 is 0 Å². The lowest BCUT2D eigenvalue weighted by atomic mass is 10.2. The molecule has 2 heteroatoms. The first-order chi connectivity index (χ1) is 6.07. The molecule has 1 saturated heterocycles. The van der Waals surface area contributed by atoms with Crippen molar-refractivity contribution in [2.24, 2.45) is 0 Å².